The number of nitrogens with zero attached hydrogens (tertiary/aromatic N) is 4. The van der Waals surface area contributed by atoms with Gasteiger partial charge >= 0.3 is 0 Å². The van der Waals surface area contributed by atoms with Crippen molar-refractivity contribution in [3.05, 3.63) is 360 Å². The van der Waals surface area contributed by atoms with E-state index in [0.29, 0.717) is 0 Å². The smallest absolute Gasteiger partial charge is 0.0452 e. The van der Waals surface area contributed by atoms with Crippen molar-refractivity contribution in [3.8, 4) is 0 Å². The van der Waals surface area contributed by atoms with Crippen molar-refractivity contribution in [2.45, 2.75) is 52.4 Å². The lowest BCUT2D eigenvalue weighted by Gasteiger charge is -2.30. The number of hydrogen-bond acceptors (Lipinski definition) is 4. The third kappa shape index (κ3) is 13.7. The topological polar surface area (TPSA) is 13.0 Å². The first-order valence-electron chi connectivity index (χ1n) is 28.0. The van der Waals surface area contributed by atoms with Crippen molar-refractivity contribution >= 4 is 44.3 Å². The molecule has 12 aromatic carbocycles. The zero-order valence-corrected chi connectivity index (χ0v) is 45.5. The largest absolute Gasteiger partial charge is 0.362 e. The molecule has 0 fully saturated rings. The van der Waals surface area contributed by atoms with E-state index in [9.17, 15) is 0 Å². The molecule has 0 aliphatic rings. The maximum Gasteiger partial charge on any atom is 0.0452 e. The minimum atomic E-state index is 0.844. The first kappa shape index (κ1) is 52.4. The molecule has 80 heavy (non-hydrogen) atoms. The average molecular weight is 1040 g/mol. The van der Waals surface area contributed by atoms with Gasteiger partial charge in [-0.3, -0.25) is 0 Å². The Kier molecular flexibility index (Phi) is 17.4. The van der Waals surface area contributed by atoms with Crippen LogP contribution in [0, 0.1) is 0 Å². The molecule has 0 unspecified atom stereocenters. The second-order valence-corrected chi connectivity index (χ2v) is 20.6. The fourth-order valence-corrected chi connectivity index (χ4v) is 11.0. The van der Waals surface area contributed by atoms with Crippen molar-refractivity contribution in [3.63, 3.8) is 0 Å². The molecule has 0 atom stereocenters. The molecule has 0 aromatic heterocycles. The minimum Gasteiger partial charge on any atom is -0.362 e. The van der Waals surface area contributed by atoms with E-state index in [1.807, 2.05) is 0 Å². The van der Waals surface area contributed by atoms with Gasteiger partial charge < -0.3 is 19.6 Å². The van der Waals surface area contributed by atoms with Gasteiger partial charge in [-0.2, -0.15) is 0 Å². The Morgan fingerprint density at radius 3 is 0.412 bits per heavy atom. The summed E-state index contributed by atoms with van der Waals surface area (Å²) in [5.41, 5.74) is 15.5. The van der Waals surface area contributed by atoms with Crippen LogP contribution in [0.5, 0.6) is 0 Å². The van der Waals surface area contributed by atoms with Gasteiger partial charge in [-0.1, -0.05) is 291 Å². The molecule has 392 valence electrons. The van der Waals surface area contributed by atoms with Gasteiger partial charge in [0.1, 0.15) is 0 Å². The van der Waals surface area contributed by atoms with E-state index in [0.717, 1.165) is 52.4 Å². The predicted molar refractivity (Wildman–Crippen MR) is 339 cm³/mol. The van der Waals surface area contributed by atoms with Crippen LogP contribution in [0.3, 0.4) is 0 Å². The lowest BCUT2D eigenvalue weighted by atomic mass is 10.0. The summed E-state index contributed by atoms with van der Waals surface area (Å²) in [6.07, 6.45) is 0. The lowest BCUT2D eigenvalue weighted by molar-refractivity contribution is 0.800. The maximum absolute atomic E-state index is 2.51. The molecule has 4 heteroatoms. The molecule has 0 radical (unpaired) electrons. The molecular weight excluding hydrogens is 969 g/mol. The van der Waals surface area contributed by atoms with Gasteiger partial charge in [-0.25, -0.2) is 0 Å². The molecule has 12 rings (SSSR count). The molecule has 0 saturated heterocycles. The van der Waals surface area contributed by atoms with Gasteiger partial charge in [-0.15, -0.1) is 0 Å². The molecule has 0 bridgehead atoms. The van der Waals surface area contributed by atoms with Gasteiger partial charge in [0.15, 0.2) is 0 Å². The molecule has 4 nitrogen and oxygen atoms in total. The van der Waals surface area contributed by atoms with Crippen LogP contribution in [-0.4, -0.2) is 0 Å². The zero-order chi connectivity index (χ0) is 54.0. The Balaban J connectivity index is 0.000000169. The van der Waals surface area contributed by atoms with Crippen LogP contribution in [-0.2, 0) is 52.4 Å². The lowest BCUT2D eigenvalue weighted by Crippen LogP contribution is -2.23. The zero-order valence-electron chi connectivity index (χ0n) is 45.5. The predicted octanol–water partition coefficient (Wildman–Crippen LogP) is 18.5. The van der Waals surface area contributed by atoms with Crippen molar-refractivity contribution in [1.29, 1.82) is 0 Å². The summed E-state index contributed by atoms with van der Waals surface area (Å²) in [7, 11) is 0. The van der Waals surface area contributed by atoms with E-state index in [4.69, 9.17) is 0 Å². The fourth-order valence-electron chi connectivity index (χ4n) is 11.0. The van der Waals surface area contributed by atoms with E-state index in [-0.39, 0.29) is 0 Å². The Labute approximate surface area is 473 Å². The van der Waals surface area contributed by atoms with Gasteiger partial charge in [0.05, 0.1) is 0 Å². The van der Waals surface area contributed by atoms with Crippen LogP contribution in [0.4, 0.5) is 22.7 Å². The Hall–Kier alpha value is -9.64. The molecule has 0 aliphatic heterocycles. The van der Waals surface area contributed by atoms with Crippen LogP contribution >= 0.6 is 0 Å². The Bertz CT molecular complexity index is 3100. The molecule has 0 spiro atoms. The third-order valence-electron chi connectivity index (χ3n) is 14.8. The first-order chi connectivity index (χ1) is 39.7. The van der Waals surface area contributed by atoms with Gasteiger partial charge in [0.2, 0.25) is 0 Å². The van der Waals surface area contributed by atoms with Crippen molar-refractivity contribution in [2.75, 3.05) is 19.6 Å². The summed E-state index contributed by atoms with van der Waals surface area (Å²) in [6, 6.07) is 113. The molecule has 0 amide bonds. The number of benzene rings is 12. The quantitative estimate of drug-likeness (QED) is 0.0754. The molecule has 0 aliphatic carbocycles. The Morgan fingerprint density at radius 1 is 0.138 bits per heavy atom. The second-order valence-electron chi connectivity index (χ2n) is 20.6. The fraction of sp³-hybridized carbons (Fsp3) is 0.105. The highest BCUT2D eigenvalue weighted by Crippen LogP contribution is 2.38. The van der Waals surface area contributed by atoms with Crippen molar-refractivity contribution in [2.24, 2.45) is 0 Å². The minimum absolute atomic E-state index is 0.844. The monoisotopic (exact) mass is 1040 g/mol. The van der Waals surface area contributed by atoms with E-state index in [2.05, 4.69) is 335 Å². The summed E-state index contributed by atoms with van der Waals surface area (Å²) in [6.45, 7) is 6.75. The normalized spacial score (nSPS) is 10.9. The number of fused-ring (bicyclic) bond motifs is 2. The summed E-state index contributed by atoms with van der Waals surface area (Å²) in [4.78, 5) is 10.0. The van der Waals surface area contributed by atoms with Crippen LogP contribution in [0.25, 0.3) is 21.5 Å². The molecule has 0 heterocycles. The third-order valence-corrected chi connectivity index (χ3v) is 14.8. The van der Waals surface area contributed by atoms with E-state index < -0.39 is 0 Å². The standard InChI is InChI=1S/2C38H34N2/c2*1-5-15-31(16-6-1)27-39(28-32-17-7-2-8-18-32)37-25-13-24-36-35(37)23-14-26-38(36)40(29-33-19-9-3-10-20-33)30-34-21-11-4-12-22-34/h2*1-26H,27-30H2. The Morgan fingerprint density at radius 2 is 0.275 bits per heavy atom. The highest BCUT2D eigenvalue weighted by atomic mass is 15.2. The number of anilines is 4. The van der Waals surface area contributed by atoms with Crippen LogP contribution < -0.4 is 19.6 Å². The highest BCUT2D eigenvalue weighted by molar-refractivity contribution is 6.03. The van der Waals surface area contributed by atoms with Gasteiger partial charge in [0.25, 0.3) is 0 Å². The van der Waals surface area contributed by atoms with E-state index in [1.54, 1.807) is 0 Å². The van der Waals surface area contributed by atoms with Crippen molar-refractivity contribution in [1.82, 2.24) is 0 Å². The summed E-state index contributed by atoms with van der Waals surface area (Å²) in [5.74, 6) is 0. The van der Waals surface area contributed by atoms with E-state index in [1.165, 1.54) is 88.8 Å². The summed E-state index contributed by atoms with van der Waals surface area (Å²) < 4.78 is 0. The average Bonchev–Trinajstić information content (AvgIpc) is 3.55. The van der Waals surface area contributed by atoms with Crippen LogP contribution in [0.15, 0.2) is 315 Å². The molecule has 0 saturated carbocycles. The van der Waals surface area contributed by atoms with Gasteiger partial charge in [-0.05, 0) is 68.8 Å². The highest BCUT2D eigenvalue weighted by Gasteiger charge is 2.19. The number of hydrogen-bond donors (Lipinski definition) is 0. The molecular formula is C76H68N4. The summed E-state index contributed by atoms with van der Waals surface area (Å²) in [5, 5.41) is 5.10. The van der Waals surface area contributed by atoms with Crippen LogP contribution in [0.1, 0.15) is 44.5 Å². The molecule has 12 aromatic rings. The van der Waals surface area contributed by atoms with Crippen molar-refractivity contribution < 1.29 is 0 Å². The van der Waals surface area contributed by atoms with E-state index >= 15 is 0 Å². The molecule has 0 N–H and O–H groups in total. The SMILES string of the molecule is c1ccc(CN(Cc2ccccc2)c2cccc3c(N(Cc4ccccc4)Cc4ccccc4)cccc23)cc1.c1ccc(CN(Cc2ccccc2)c2cccc3c(N(Cc4ccccc4)Cc4ccccc4)cccc23)cc1. The first-order valence-corrected chi connectivity index (χ1v) is 28.0. The van der Waals surface area contributed by atoms with Crippen LogP contribution in [0.2, 0.25) is 0 Å². The summed E-state index contributed by atoms with van der Waals surface area (Å²) >= 11 is 0. The second kappa shape index (κ2) is 26.6. The number of rotatable bonds is 20. The maximum atomic E-state index is 2.51. The van der Waals surface area contributed by atoms with Gasteiger partial charge in [0, 0.05) is 96.7 Å².